The average molecular weight is 327 g/mol. The molecular formula is C12H9ClN3O4S-. The zero-order chi connectivity index (χ0) is 15.4. The van der Waals surface area contributed by atoms with Gasteiger partial charge < -0.3 is 20.3 Å². The molecule has 7 nitrogen and oxygen atoms in total. The summed E-state index contributed by atoms with van der Waals surface area (Å²) in [5, 5.41) is 29.7. The van der Waals surface area contributed by atoms with Crippen LogP contribution in [-0.4, -0.2) is 33.6 Å². The quantitative estimate of drug-likeness (QED) is 0.602. The standard InChI is InChI=1S/C12H10ClN3O4S/c13-7-1-2-8(17)6(3-7)5-14-16-12-15-11(20)9(21-12)4-10(18)19/h1-3,5,9,17H,4H2,(H,18,19)(H,15,16,20)/p-1/b14-5+/t9-/m1/s1. The maximum atomic E-state index is 11.4. The smallest absolute Gasteiger partial charge is 0.239 e. The van der Waals surface area contributed by atoms with Gasteiger partial charge >= 0.3 is 0 Å². The largest absolute Gasteiger partial charge is 0.550 e. The monoisotopic (exact) mass is 326 g/mol. The lowest BCUT2D eigenvalue weighted by Gasteiger charge is -2.04. The molecule has 0 spiro atoms. The van der Waals surface area contributed by atoms with Crippen molar-refractivity contribution in [2.24, 2.45) is 10.2 Å². The second-order valence-electron chi connectivity index (χ2n) is 4.02. The van der Waals surface area contributed by atoms with Crippen molar-refractivity contribution in [3.8, 4) is 5.75 Å². The molecule has 0 radical (unpaired) electrons. The fourth-order valence-electron chi connectivity index (χ4n) is 1.51. The molecule has 1 atom stereocenters. The number of rotatable bonds is 4. The minimum absolute atomic E-state index is 0.0127. The Hall–Kier alpha value is -2.06. The molecule has 0 unspecified atom stereocenters. The van der Waals surface area contributed by atoms with E-state index in [0.29, 0.717) is 10.6 Å². The van der Waals surface area contributed by atoms with Crippen LogP contribution in [0.5, 0.6) is 5.75 Å². The molecule has 2 rings (SSSR count). The minimum atomic E-state index is -1.31. The number of halogens is 1. The molecule has 1 aromatic rings. The number of hydrogen-bond acceptors (Lipinski definition) is 7. The van der Waals surface area contributed by atoms with Crippen molar-refractivity contribution in [2.45, 2.75) is 11.7 Å². The molecule has 2 N–H and O–H groups in total. The van der Waals surface area contributed by atoms with Gasteiger partial charge in [-0.15, -0.1) is 5.10 Å². The molecule has 0 bridgehead atoms. The third-order valence-electron chi connectivity index (χ3n) is 2.46. The Morgan fingerprint density at radius 1 is 1.57 bits per heavy atom. The van der Waals surface area contributed by atoms with Gasteiger partial charge in [0.1, 0.15) is 5.75 Å². The molecule has 0 aliphatic carbocycles. The highest BCUT2D eigenvalue weighted by Crippen LogP contribution is 2.22. The number of carbonyl (C=O) groups excluding carboxylic acids is 2. The Morgan fingerprint density at radius 3 is 3.05 bits per heavy atom. The topological polar surface area (TPSA) is 114 Å². The summed E-state index contributed by atoms with van der Waals surface area (Å²) in [6.45, 7) is 0. The number of phenolic OH excluding ortho intramolecular Hbond substituents is 1. The molecule has 1 fully saturated rings. The molecule has 1 aliphatic heterocycles. The molecule has 0 saturated carbocycles. The molecular weight excluding hydrogens is 318 g/mol. The highest BCUT2D eigenvalue weighted by molar-refractivity contribution is 8.15. The Kier molecular flexibility index (Phi) is 4.81. The van der Waals surface area contributed by atoms with Gasteiger partial charge in [0.2, 0.25) is 5.91 Å². The highest BCUT2D eigenvalue weighted by atomic mass is 35.5. The van der Waals surface area contributed by atoms with Crippen LogP contribution in [0.25, 0.3) is 0 Å². The number of thioether (sulfide) groups is 1. The molecule has 110 valence electrons. The number of aromatic hydroxyl groups is 1. The fraction of sp³-hybridized carbons (Fsp3) is 0.167. The maximum Gasteiger partial charge on any atom is 0.239 e. The van der Waals surface area contributed by atoms with Crippen LogP contribution in [0.4, 0.5) is 0 Å². The summed E-state index contributed by atoms with van der Waals surface area (Å²) in [5.74, 6) is -1.78. The minimum Gasteiger partial charge on any atom is -0.550 e. The number of carbonyl (C=O) groups is 2. The number of carboxylic acids is 1. The van der Waals surface area contributed by atoms with Gasteiger partial charge in [-0.25, -0.2) is 0 Å². The van der Waals surface area contributed by atoms with E-state index in [9.17, 15) is 19.8 Å². The van der Waals surface area contributed by atoms with Crippen molar-refractivity contribution in [1.29, 1.82) is 0 Å². The van der Waals surface area contributed by atoms with E-state index < -0.39 is 23.5 Å². The van der Waals surface area contributed by atoms with Crippen LogP contribution in [0, 0.1) is 0 Å². The summed E-state index contributed by atoms with van der Waals surface area (Å²) in [7, 11) is 0. The number of aliphatic carboxylic acids is 1. The maximum absolute atomic E-state index is 11.4. The number of hydrogen-bond donors (Lipinski definition) is 2. The number of benzene rings is 1. The average Bonchev–Trinajstić information content (AvgIpc) is 2.73. The van der Waals surface area contributed by atoms with Gasteiger partial charge in [0.25, 0.3) is 0 Å². The molecule has 9 heteroatoms. The van der Waals surface area contributed by atoms with Gasteiger partial charge in [-0.1, -0.05) is 23.4 Å². The lowest BCUT2D eigenvalue weighted by molar-refractivity contribution is -0.305. The first-order valence-corrected chi connectivity index (χ1v) is 6.98. The number of nitrogens with one attached hydrogen (secondary N) is 1. The van der Waals surface area contributed by atoms with Gasteiger partial charge in [0, 0.05) is 23.0 Å². The normalized spacial score (nSPS) is 20.1. The van der Waals surface area contributed by atoms with Crippen molar-refractivity contribution < 1.29 is 19.8 Å². The summed E-state index contributed by atoms with van der Waals surface area (Å²) >= 11 is 6.73. The van der Waals surface area contributed by atoms with Gasteiger partial charge in [0.05, 0.1) is 11.5 Å². The van der Waals surface area contributed by atoms with E-state index >= 15 is 0 Å². The van der Waals surface area contributed by atoms with Crippen LogP contribution in [0.1, 0.15) is 12.0 Å². The van der Waals surface area contributed by atoms with Gasteiger partial charge in [0.15, 0.2) is 5.17 Å². The molecule has 1 saturated heterocycles. The van der Waals surface area contributed by atoms with Crippen molar-refractivity contribution in [3.63, 3.8) is 0 Å². The Morgan fingerprint density at radius 2 is 2.33 bits per heavy atom. The van der Waals surface area contributed by atoms with E-state index in [4.69, 9.17) is 11.6 Å². The number of amidine groups is 1. The van der Waals surface area contributed by atoms with Crippen LogP contribution < -0.4 is 10.4 Å². The zero-order valence-electron chi connectivity index (χ0n) is 10.4. The van der Waals surface area contributed by atoms with E-state index in [1.54, 1.807) is 0 Å². The SMILES string of the molecule is O=C([O-])C[C@H]1S/C(=N/N=C/c2cc(Cl)ccc2O)NC1=O. The van der Waals surface area contributed by atoms with Gasteiger partial charge in [-0.2, -0.15) is 5.10 Å². The predicted molar refractivity (Wildman–Crippen MR) is 77.3 cm³/mol. The first-order chi connectivity index (χ1) is 9.95. The molecule has 1 amide bonds. The fourth-order valence-corrected chi connectivity index (χ4v) is 2.60. The summed E-state index contributed by atoms with van der Waals surface area (Å²) in [4.78, 5) is 21.9. The lowest BCUT2D eigenvalue weighted by atomic mass is 10.2. The molecule has 0 aromatic heterocycles. The van der Waals surface area contributed by atoms with Gasteiger partial charge in [-0.3, -0.25) is 4.79 Å². The lowest BCUT2D eigenvalue weighted by Crippen LogP contribution is -2.31. The van der Waals surface area contributed by atoms with E-state index in [0.717, 1.165) is 11.8 Å². The Bertz CT molecular complexity index is 647. The molecule has 1 heterocycles. The van der Waals surface area contributed by atoms with Crippen LogP contribution in [0.3, 0.4) is 0 Å². The van der Waals surface area contributed by atoms with Gasteiger partial charge in [-0.05, 0) is 18.2 Å². The van der Waals surface area contributed by atoms with Crippen molar-refractivity contribution >= 4 is 46.6 Å². The summed E-state index contributed by atoms with van der Waals surface area (Å²) in [6.07, 6.45) is 0.876. The number of nitrogens with zero attached hydrogens (tertiary/aromatic N) is 2. The predicted octanol–water partition coefficient (Wildman–Crippen LogP) is 0.107. The summed E-state index contributed by atoms with van der Waals surface area (Å²) in [5.41, 5.74) is 0.368. The molecule has 1 aliphatic rings. The first-order valence-electron chi connectivity index (χ1n) is 5.72. The third kappa shape index (κ3) is 4.20. The van der Waals surface area contributed by atoms with E-state index in [1.165, 1.54) is 24.4 Å². The second-order valence-corrected chi connectivity index (χ2v) is 5.65. The zero-order valence-corrected chi connectivity index (χ0v) is 12.0. The van der Waals surface area contributed by atoms with Crippen molar-refractivity contribution in [1.82, 2.24) is 5.32 Å². The molecule has 1 aromatic carbocycles. The number of phenols is 1. The van der Waals surface area contributed by atoms with E-state index in [1.807, 2.05) is 0 Å². The number of carboxylic acid groups (broad SMARTS) is 1. The molecule has 21 heavy (non-hydrogen) atoms. The second kappa shape index (κ2) is 6.59. The van der Waals surface area contributed by atoms with Crippen molar-refractivity contribution in [3.05, 3.63) is 28.8 Å². The van der Waals surface area contributed by atoms with Crippen LogP contribution >= 0.6 is 23.4 Å². The van der Waals surface area contributed by atoms with Crippen LogP contribution in [0.15, 0.2) is 28.4 Å². The van der Waals surface area contributed by atoms with Crippen LogP contribution in [-0.2, 0) is 9.59 Å². The number of amides is 1. The van der Waals surface area contributed by atoms with E-state index in [2.05, 4.69) is 15.5 Å². The third-order valence-corrected chi connectivity index (χ3v) is 3.77. The van der Waals surface area contributed by atoms with Crippen molar-refractivity contribution in [2.75, 3.05) is 0 Å². The Labute approximate surface area is 128 Å². The van der Waals surface area contributed by atoms with Crippen LogP contribution in [0.2, 0.25) is 5.02 Å². The first kappa shape index (κ1) is 15.3. The highest BCUT2D eigenvalue weighted by Gasteiger charge is 2.30. The summed E-state index contributed by atoms with van der Waals surface area (Å²) in [6, 6.07) is 4.44. The van der Waals surface area contributed by atoms with E-state index in [-0.39, 0.29) is 10.9 Å². The Balaban J connectivity index is 2.05. The summed E-state index contributed by atoms with van der Waals surface area (Å²) < 4.78 is 0.